The Hall–Kier alpha value is -1.24. The highest BCUT2D eigenvalue weighted by Crippen LogP contribution is 2.27. The van der Waals surface area contributed by atoms with Crippen molar-refractivity contribution in [3.05, 3.63) is 0 Å². The lowest BCUT2D eigenvalue weighted by Gasteiger charge is -2.29. The number of nitrogens with zero attached hydrogens (tertiary/aromatic N) is 3. The molecule has 2 amide bonds. The highest BCUT2D eigenvalue weighted by atomic mass is 32.2. The minimum Gasteiger partial charge on any atom is -0.351 e. The summed E-state index contributed by atoms with van der Waals surface area (Å²) in [5.41, 5.74) is -0.287. The maximum atomic E-state index is 12.3. The monoisotopic (exact) mass is 435 g/mol. The zero-order valence-electron chi connectivity index (χ0n) is 15.8. The molecular weight excluding hydrogens is 410 g/mol. The minimum absolute atomic E-state index is 0.0917. The van der Waals surface area contributed by atoms with Crippen molar-refractivity contribution in [2.45, 2.75) is 43.5 Å². The van der Waals surface area contributed by atoms with E-state index in [1.54, 1.807) is 0 Å². The van der Waals surface area contributed by atoms with Crippen LogP contribution in [0.1, 0.15) is 33.6 Å². The number of amides is 2. The fourth-order valence-corrected chi connectivity index (χ4v) is 4.99. The van der Waals surface area contributed by atoms with Gasteiger partial charge >= 0.3 is 0 Å². The number of rotatable bonds is 6. The van der Waals surface area contributed by atoms with Gasteiger partial charge in [-0.05, 0) is 33.6 Å². The summed E-state index contributed by atoms with van der Waals surface area (Å²) >= 11 is 2.48. The van der Waals surface area contributed by atoms with Crippen LogP contribution in [0.2, 0.25) is 0 Å². The van der Waals surface area contributed by atoms with Crippen LogP contribution in [0.4, 0.5) is 5.13 Å². The van der Waals surface area contributed by atoms with Gasteiger partial charge in [0.15, 0.2) is 4.34 Å². The van der Waals surface area contributed by atoms with Gasteiger partial charge in [0.1, 0.15) is 0 Å². The smallest absolute Gasteiger partial charge is 0.230 e. The van der Waals surface area contributed by atoms with E-state index in [1.807, 2.05) is 20.8 Å². The summed E-state index contributed by atoms with van der Waals surface area (Å²) in [4.78, 5) is 24.2. The fourth-order valence-electron chi connectivity index (χ4n) is 2.56. The molecule has 1 aromatic heterocycles. The number of hydrogen-bond acceptors (Lipinski definition) is 8. The molecule has 0 atom stereocenters. The van der Waals surface area contributed by atoms with Crippen molar-refractivity contribution in [3.8, 4) is 0 Å². The molecule has 1 saturated heterocycles. The molecule has 0 radical (unpaired) electrons. The Bertz CT molecular complexity index is 780. The molecule has 0 aromatic carbocycles. The van der Waals surface area contributed by atoms with Crippen molar-refractivity contribution >= 4 is 50.1 Å². The number of sulfonamides is 1. The number of anilines is 1. The van der Waals surface area contributed by atoms with Crippen molar-refractivity contribution in [2.75, 3.05) is 30.4 Å². The quantitative estimate of drug-likeness (QED) is 0.508. The summed E-state index contributed by atoms with van der Waals surface area (Å²) in [6, 6.07) is 0. The summed E-state index contributed by atoms with van der Waals surface area (Å²) in [7, 11) is -3.21. The molecule has 152 valence electrons. The van der Waals surface area contributed by atoms with Gasteiger partial charge in [0.2, 0.25) is 27.0 Å². The third-order valence-electron chi connectivity index (χ3n) is 3.77. The van der Waals surface area contributed by atoms with Crippen LogP contribution in [0, 0.1) is 5.92 Å². The van der Waals surface area contributed by atoms with Crippen molar-refractivity contribution < 1.29 is 18.0 Å². The number of hydrogen-bond donors (Lipinski definition) is 2. The van der Waals surface area contributed by atoms with E-state index in [4.69, 9.17) is 0 Å². The summed E-state index contributed by atoms with van der Waals surface area (Å²) in [5.74, 6) is -0.295. The van der Waals surface area contributed by atoms with Crippen molar-refractivity contribution in [3.63, 3.8) is 0 Å². The molecule has 27 heavy (non-hydrogen) atoms. The summed E-state index contributed by atoms with van der Waals surface area (Å²) in [6.07, 6.45) is 2.13. The molecule has 0 aliphatic carbocycles. The molecule has 0 saturated carbocycles. The molecule has 12 heteroatoms. The first-order chi connectivity index (χ1) is 12.4. The molecule has 0 unspecified atom stereocenters. The van der Waals surface area contributed by atoms with E-state index in [0.717, 1.165) is 0 Å². The van der Waals surface area contributed by atoms with Crippen LogP contribution in [0.5, 0.6) is 0 Å². The molecule has 1 aromatic rings. The maximum absolute atomic E-state index is 12.3. The Balaban J connectivity index is 1.80. The van der Waals surface area contributed by atoms with E-state index in [1.165, 1.54) is 33.7 Å². The molecule has 1 aliphatic heterocycles. The van der Waals surface area contributed by atoms with Crippen LogP contribution in [0.3, 0.4) is 0 Å². The van der Waals surface area contributed by atoms with Crippen LogP contribution in [0.25, 0.3) is 0 Å². The lowest BCUT2D eigenvalue weighted by molar-refractivity contribution is -0.121. The van der Waals surface area contributed by atoms with E-state index < -0.39 is 10.0 Å². The zero-order valence-corrected chi connectivity index (χ0v) is 18.3. The second-order valence-electron chi connectivity index (χ2n) is 7.39. The molecular formula is C15H25N5O4S3. The Labute approximate surface area is 167 Å². The van der Waals surface area contributed by atoms with Crippen LogP contribution < -0.4 is 10.6 Å². The first-order valence-corrected chi connectivity index (χ1v) is 12.1. The van der Waals surface area contributed by atoms with Gasteiger partial charge in [-0.3, -0.25) is 9.59 Å². The molecule has 0 spiro atoms. The maximum Gasteiger partial charge on any atom is 0.230 e. The lowest BCUT2D eigenvalue weighted by Crippen LogP contribution is -2.41. The van der Waals surface area contributed by atoms with Crippen LogP contribution in [-0.4, -0.2) is 65.4 Å². The first kappa shape index (κ1) is 22.1. The number of carbonyl (C=O) groups excluding carboxylic acids is 2. The van der Waals surface area contributed by atoms with Gasteiger partial charge in [0, 0.05) is 24.5 Å². The SMILES string of the molecule is CC(C)(C)NC(=O)CSc1nnc(NC(=O)C2CCN(S(C)(=O)=O)CC2)s1. The molecule has 9 nitrogen and oxygen atoms in total. The lowest BCUT2D eigenvalue weighted by atomic mass is 9.97. The molecule has 1 aliphatic rings. The van der Waals surface area contributed by atoms with E-state index in [0.29, 0.717) is 35.4 Å². The largest absolute Gasteiger partial charge is 0.351 e. The topological polar surface area (TPSA) is 121 Å². The van der Waals surface area contributed by atoms with Crippen LogP contribution in [-0.2, 0) is 19.6 Å². The Kier molecular flexibility index (Phi) is 7.22. The number of nitrogens with one attached hydrogen (secondary N) is 2. The van der Waals surface area contributed by atoms with Gasteiger partial charge in [-0.1, -0.05) is 23.1 Å². The normalized spacial score (nSPS) is 16.9. The Morgan fingerprint density at radius 1 is 1.26 bits per heavy atom. The second kappa shape index (κ2) is 8.84. The Morgan fingerprint density at radius 2 is 1.89 bits per heavy atom. The predicted molar refractivity (Wildman–Crippen MR) is 106 cm³/mol. The van der Waals surface area contributed by atoms with Crippen molar-refractivity contribution in [1.29, 1.82) is 0 Å². The number of thioether (sulfide) groups is 1. The third-order valence-corrected chi connectivity index (χ3v) is 7.05. The van der Waals surface area contributed by atoms with E-state index in [9.17, 15) is 18.0 Å². The zero-order chi connectivity index (χ0) is 20.2. The van der Waals surface area contributed by atoms with Gasteiger partial charge in [-0.25, -0.2) is 12.7 Å². The molecule has 0 bridgehead atoms. The minimum atomic E-state index is -3.21. The standard InChI is InChI=1S/C15H25N5O4S3/c1-15(2,3)17-11(21)9-25-14-19-18-13(26-14)16-12(22)10-5-7-20(8-6-10)27(4,23)24/h10H,5-9H2,1-4H3,(H,17,21)(H,16,18,22). The van der Waals surface area contributed by atoms with Gasteiger partial charge in [0.05, 0.1) is 12.0 Å². The summed E-state index contributed by atoms with van der Waals surface area (Å²) < 4.78 is 25.0. The van der Waals surface area contributed by atoms with Gasteiger partial charge in [-0.2, -0.15) is 0 Å². The second-order valence-corrected chi connectivity index (χ2v) is 11.6. The Morgan fingerprint density at radius 3 is 2.44 bits per heavy atom. The van der Waals surface area contributed by atoms with Gasteiger partial charge < -0.3 is 10.6 Å². The molecule has 2 N–H and O–H groups in total. The highest BCUT2D eigenvalue weighted by Gasteiger charge is 2.29. The van der Waals surface area contributed by atoms with E-state index in [-0.39, 0.29) is 29.0 Å². The average molecular weight is 436 g/mol. The number of carbonyl (C=O) groups is 2. The van der Waals surface area contributed by atoms with Crippen LogP contribution >= 0.6 is 23.1 Å². The van der Waals surface area contributed by atoms with Crippen molar-refractivity contribution in [2.24, 2.45) is 5.92 Å². The molecule has 1 fully saturated rings. The predicted octanol–water partition coefficient (Wildman–Crippen LogP) is 1.15. The van der Waals surface area contributed by atoms with Gasteiger partial charge in [-0.15, -0.1) is 10.2 Å². The first-order valence-electron chi connectivity index (χ1n) is 8.47. The van der Waals surface area contributed by atoms with Crippen molar-refractivity contribution in [1.82, 2.24) is 19.8 Å². The summed E-state index contributed by atoms with van der Waals surface area (Å²) in [6.45, 7) is 6.42. The van der Waals surface area contributed by atoms with E-state index >= 15 is 0 Å². The molecule has 2 heterocycles. The third kappa shape index (κ3) is 7.35. The number of aromatic nitrogens is 2. The fraction of sp³-hybridized carbons (Fsp3) is 0.733. The van der Waals surface area contributed by atoms with Gasteiger partial charge in [0.25, 0.3) is 0 Å². The molecule has 2 rings (SSSR count). The highest BCUT2D eigenvalue weighted by molar-refractivity contribution is 8.01. The van der Waals surface area contributed by atoms with E-state index in [2.05, 4.69) is 20.8 Å². The average Bonchev–Trinajstić information content (AvgIpc) is 2.98. The summed E-state index contributed by atoms with van der Waals surface area (Å²) in [5, 5.41) is 13.9. The van der Waals surface area contributed by atoms with Crippen LogP contribution in [0.15, 0.2) is 4.34 Å². The number of piperidine rings is 1.